The van der Waals surface area contributed by atoms with Crippen LogP contribution in [0.4, 0.5) is 8.78 Å². The summed E-state index contributed by atoms with van der Waals surface area (Å²) in [6, 6.07) is 19.8. The standard InChI is InChI=1S/C31H24F2IN3O4/c32-24-15-23(26-2-1-3-30(36-26)41-17-18-4-7-21(34)8-5-18)25(33)12-20(24)14-29-35-27-9-6-19(31(38)39)13-28(27)37(29)16-22-10-11-40-22/h1-9,12-13,15,22H,10-11,14,16-17H2,(H,38,39)/t22-/m0/s1. The van der Waals surface area contributed by atoms with Crippen molar-refractivity contribution in [1.82, 2.24) is 14.5 Å². The summed E-state index contributed by atoms with van der Waals surface area (Å²) in [7, 11) is 0. The van der Waals surface area contributed by atoms with E-state index in [9.17, 15) is 9.90 Å². The normalized spacial score (nSPS) is 14.7. The highest BCUT2D eigenvalue weighted by molar-refractivity contribution is 14.1. The van der Waals surface area contributed by atoms with Crippen molar-refractivity contribution in [2.75, 3.05) is 6.61 Å². The molecule has 0 amide bonds. The topological polar surface area (TPSA) is 86.5 Å². The number of fused-ring (bicyclic) bond motifs is 1. The molecule has 0 unspecified atom stereocenters. The number of rotatable bonds is 9. The Kier molecular flexibility index (Phi) is 7.67. The molecule has 1 aliphatic heterocycles. The molecule has 1 N–H and O–H groups in total. The second-order valence-corrected chi connectivity index (χ2v) is 11.1. The number of carboxylic acids is 1. The number of imidazole rings is 1. The van der Waals surface area contributed by atoms with Gasteiger partial charge in [-0.2, -0.15) is 0 Å². The number of hydrogen-bond donors (Lipinski definition) is 1. The molecular weight excluding hydrogens is 643 g/mol. The summed E-state index contributed by atoms with van der Waals surface area (Å²) < 4.78 is 45.2. The highest BCUT2D eigenvalue weighted by Crippen LogP contribution is 2.29. The van der Waals surface area contributed by atoms with Gasteiger partial charge in [-0.25, -0.2) is 23.5 Å². The van der Waals surface area contributed by atoms with E-state index in [0.29, 0.717) is 42.5 Å². The van der Waals surface area contributed by atoms with Crippen LogP contribution in [-0.4, -0.2) is 38.3 Å². The first kappa shape index (κ1) is 27.3. The summed E-state index contributed by atoms with van der Waals surface area (Å²) in [5.74, 6) is -1.48. The van der Waals surface area contributed by atoms with Crippen molar-refractivity contribution < 1.29 is 28.2 Å². The fourth-order valence-electron chi connectivity index (χ4n) is 4.75. The van der Waals surface area contributed by atoms with E-state index in [2.05, 4.69) is 32.6 Å². The molecule has 6 rings (SSSR count). The lowest BCUT2D eigenvalue weighted by Crippen LogP contribution is -2.31. The zero-order valence-corrected chi connectivity index (χ0v) is 23.8. The van der Waals surface area contributed by atoms with E-state index in [1.807, 2.05) is 28.8 Å². The van der Waals surface area contributed by atoms with Crippen LogP contribution in [0, 0.1) is 15.2 Å². The number of hydrogen-bond acceptors (Lipinski definition) is 5. The summed E-state index contributed by atoms with van der Waals surface area (Å²) >= 11 is 2.23. The van der Waals surface area contributed by atoms with Gasteiger partial charge in [0.2, 0.25) is 5.88 Å². The monoisotopic (exact) mass is 667 g/mol. The third-order valence-corrected chi connectivity index (χ3v) is 7.76. The average Bonchev–Trinajstić information content (AvgIpc) is 3.28. The Bertz CT molecular complexity index is 1750. The van der Waals surface area contributed by atoms with Crippen molar-refractivity contribution in [1.29, 1.82) is 0 Å². The van der Waals surface area contributed by atoms with Gasteiger partial charge in [0.15, 0.2) is 0 Å². The molecule has 3 heterocycles. The predicted octanol–water partition coefficient (Wildman–Crippen LogP) is 6.64. The largest absolute Gasteiger partial charge is 0.478 e. The Balaban J connectivity index is 1.27. The molecule has 5 aromatic rings. The van der Waals surface area contributed by atoms with E-state index in [1.165, 1.54) is 6.07 Å². The number of aromatic nitrogens is 3. The van der Waals surface area contributed by atoms with Gasteiger partial charge in [-0.1, -0.05) is 18.2 Å². The zero-order valence-electron chi connectivity index (χ0n) is 21.7. The lowest BCUT2D eigenvalue weighted by molar-refractivity contribution is -0.0589. The van der Waals surface area contributed by atoms with E-state index in [4.69, 9.17) is 9.47 Å². The molecule has 1 aliphatic rings. The highest BCUT2D eigenvalue weighted by atomic mass is 127. The second kappa shape index (κ2) is 11.5. The Morgan fingerprint density at radius 1 is 1.05 bits per heavy atom. The number of nitrogens with zero attached hydrogens (tertiary/aromatic N) is 3. The molecule has 41 heavy (non-hydrogen) atoms. The summed E-state index contributed by atoms with van der Waals surface area (Å²) in [6.07, 6.45) is 0.824. The summed E-state index contributed by atoms with van der Waals surface area (Å²) in [5.41, 5.74) is 2.68. The first-order valence-electron chi connectivity index (χ1n) is 13.0. The van der Waals surface area contributed by atoms with Crippen molar-refractivity contribution in [3.05, 3.63) is 111 Å². The summed E-state index contributed by atoms with van der Waals surface area (Å²) in [5, 5.41) is 9.45. The van der Waals surface area contributed by atoms with Crippen LogP contribution in [0.5, 0.6) is 5.88 Å². The molecule has 1 atom stereocenters. The average molecular weight is 667 g/mol. The first-order valence-corrected chi connectivity index (χ1v) is 14.1. The fourth-order valence-corrected chi connectivity index (χ4v) is 5.11. The van der Waals surface area contributed by atoms with Crippen molar-refractivity contribution in [2.24, 2.45) is 0 Å². The lowest BCUT2D eigenvalue weighted by Gasteiger charge is -2.27. The van der Waals surface area contributed by atoms with Crippen LogP contribution >= 0.6 is 22.6 Å². The maximum Gasteiger partial charge on any atom is 0.335 e. The summed E-state index contributed by atoms with van der Waals surface area (Å²) in [4.78, 5) is 20.6. The van der Waals surface area contributed by atoms with Gasteiger partial charge in [-0.3, -0.25) is 0 Å². The van der Waals surface area contributed by atoms with Crippen LogP contribution in [0.2, 0.25) is 0 Å². The zero-order chi connectivity index (χ0) is 28.5. The molecule has 2 aromatic heterocycles. The van der Waals surface area contributed by atoms with Crippen LogP contribution < -0.4 is 4.74 Å². The van der Waals surface area contributed by atoms with Crippen molar-refractivity contribution in [2.45, 2.75) is 32.1 Å². The minimum absolute atomic E-state index is 0.0133. The smallest absolute Gasteiger partial charge is 0.335 e. The van der Waals surface area contributed by atoms with E-state index >= 15 is 8.78 Å². The fraction of sp³-hybridized carbons (Fsp3) is 0.194. The number of carboxylic acid groups (broad SMARTS) is 1. The molecule has 1 saturated heterocycles. The Labute approximate surface area is 247 Å². The van der Waals surface area contributed by atoms with E-state index in [-0.39, 0.29) is 34.9 Å². The van der Waals surface area contributed by atoms with Crippen LogP contribution in [0.1, 0.15) is 33.7 Å². The van der Waals surface area contributed by atoms with Crippen LogP contribution in [0.15, 0.2) is 72.8 Å². The van der Waals surface area contributed by atoms with E-state index in [0.717, 1.165) is 27.7 Å². The second-order valence-electron chi connectivity index (χ2n) is 9.81. The molecule has 208 valence electrons. The third kappa shape index (κ3) is 5.94. The van der Waals surface area contributed by atoms with Crippen molar-refractivity contribution in [3.8, 4) is 17.1 Å². The minimum Gasteiger partial charge on any atom is -0.478 e. The molecular formula is C31H24F2IN3O4. The molecule has 0 saturated carbocycles. The molecule has 1 fully saturated rings. The van der Waals surface area contributed by atoms with Crippen molar-refractivity contribution >= 4 is 39.6 Å². The van der Waals surface area contributed by atoms with E-state index < -0.39 is 17.6 Å². The molecule has 0 bridgehead atoms. The van der Waals surface area contributed by atoms with Crippen molar-refractivity contribution in [3.63, 3.8) is 0 Å². The number of aromatic carboxylic acids is 1. The van der Waals surface area contributed by atoms with Gasteiger partial charge >= 0.3 is 5.97 Å². The molecule has 0 radical (unpaired) electrons. The Hall–Kier alpha value is -3.90. The SMILES string of the molecule is O=C(O)c1ccc2nc(Cc3cc(F)c(-c4cccc(OCc5ccc(I)cc5)n4)cc3F)n(C[C@@H]3CCO3)c2c1. The number of carbonyl (C=O) groups is 1. The molecule has 10 heteroatoms. The van der Waals surface area contributed by atoms with Crippen LogP contribution in [-0.2, 0) is 24.3 Å². The first-order chi connectivity index (χ1) is 19.8. The van der Waals surface area contributed by atoms with Gasteiger partial charge < -0.3 is 19.1 Å². The van der Waals surface area contributed by atoms with Gasteiger partial charge in [0.1, 0.15) is 24.1 Å². The van der Waals surface area contributed by atoms with Crippen LogP contribution in [0.25, 0.3) is 22.3 Å². The van der Waals surface area contributed by atoms with Gasteiger partial charge in [0, 0.05) is 28.2 Å². The molecule has 7 nitrogen and oxygen atoms in total. The maximum atomic E-state index is 15.4. The van der Waals surface area contributed by atoms with Gasteiger partial charge in [0.25, 0.3) is 0 Å². The summed E-state index contributed by atoms with van der Waals surface area (Å²) in [6.45, 7) is 1.39. The number of ether oxygens (including phenoxy) is 2. The Morgan fingerprint density at radius 3 is 2.59 bits per heavy atom. The van der Waals surface area contributed by atoms with Gasteiger partial charge in [0.05, 0.1) is 34.9 Å². The quantitative estimate of drug-likeness (QED) is 0.178. The number of halogens is 3. The van der Waals surface area contributed by atoms with E-state index in [1.54, 1.807) is 30.3 Å². The number of benzene rings is 3. The lowest BCUT2D eigenvalue weighted by atomic mass is 10.0. The number of pyridine rings is 1. The van der Waals surface area contributed by atoms with Gasteiger partial charge in [-0.05, 0) is 88.7 Å². The minimum atomic E-state index is -1.05. The predicted molar refractivity (Wildman–Crippen MR) is 157 cm³/mol. The van der Waals surface area contributed by atoms with Crippen LogP contribution in [0.3, 0.4) is 0 Å². The highest BCUT2D eigenvalue weighted by Gasteiger charge is 2.23. The third-order valence-electron chi connectivity index (χ3n) is 7.04. The Morgan fingerprint density at radius 2 is 1.85 bits per heavy atom. The maximum absolute atomic E-state index is 15.4. The molecule has 0 aliphatic carbocycles. The molecule has 3 aromatic carbocycles. The molecule has 0 spiro atoms. The van der Waals surface area contributed by atoms with Gasteiger partial charge in [-0.15, -0.1) is 0 Å².